The Morgan fingerprint density at radius 1 is 1.12 bits per heavy atom. The molecule has 0 fully saturated rings. The van der Waals surface area contributed by atoms with E-state index in [1.165, 1.54) is 18.4 Å². The number of esters is 1. The van der Waals surface area contributed by atoms with E-state index >= 15 is 0 Å². The van der Waals surface area contributed by atoms with Crippen molar-refractivity contribution in [3.05, 3.63) is 72.5 Å². The highest BCUT2D eigenvalue weighted by Gasteiger charge is 2.28. The first-order valence-electron chi connectivity index (χ1n) is 10.3. The van der Waals surface area contributed by atoms with Gasteiger partial charge in [0.1, 0.15) is 22.9 Å². The third-order valence-electron chi connectivity index (χ3n) is 4.80. The van der Waals surface area contributed by atoms with Gasteiger partial charge in [0.15, 0.2) is 18.1 Å². The molecule has 0 aliphatic heterocycles. The van der Waals surface area contributed by atoms with Gasteiger partial charge < -0.3 is 18.6 Å². The van der Waals surface area contributed by atoms with E-state index < -0.39 is 11.9 Å². The van der Waals surface area contributed by atoms with Gasteiger partial charge >= 0.3 is 5.97 Å². The molecule has 0 saturated heterocycles. The number of hydrogen-bond acceptors (Lipinski definition) is 8. The predicted octanol–water partition coefficient (Wildman–Crippen LogP) is 5.23. The Kier molecular flexibility index (Phi) is 6.93. The standard InChI is InChI=1S/C25H22N2O6S/c1-4-13-31-17-10-6-7-11-18(17)32-14-20(28)27-23-22(21(15(2)33-23)25(29)30-3)24-26-16-9-5-8-12-19(16)34-24/h4-12H,1,13-14H2,2-3H3,(H,27,28). The van der Waals surface area contributed by atoms with Crippen LogP contribution in [0.15, 0.2) is 65.6 Å². The van der Waals surface area contributed by atoms with Gasteiger partial charge in [-0.15, -0.1) is 11.3 Å². The van der Waals surface area contributed by atoms with Crippen molar-refractivity contribution < 1.29 is 28.2 Å². The second-order valence-corrected chi connectivity index (χ2v) is 8.13. The number of methoxy groups -OCH3 is 1. The van der Waals surface area contributed by atoms with Crippen LogP contribution in [0.1, 0.15) is 16.1 Å². The van der Waals surface area contributed by atoms with Crippen molar-refractivity contribution >= 4 is 39.3 Å². The summed E-state index contributed by atoms with van der Waals surface area (Å²) >= 11 is 1.38. The average Bonchev–Trinajstić information content (AvgIpc) is 3.41. The Labute approximate surface area is 199 Å². The Morgan fingerprint density at radius 3 is 2.53 bits per heavy atom. The summed E-state index contributed by atoms with van der Waals surface area (Å²) in [5, 5.41) is 3.22. The van der Waals surface area contributed by atoms with Crippen LogP contribution in [0.25, 0.3) is 20.8 Å². The van der Waals surface area contributed by atoms with Gasteiger partial charge in [0.05, 0.1) is 22.9 Å². The van der Waals surface area contributed by atoms with Crippen molar-refractivity contribution in [2.45, 2.75) is 6.92 Å². The third kappa shape index (κ3) is 4.79. The fourth-order valence-electron chi connectivity index (χ4n) is 3.31. The summed E-state index contributed by atoms with van der Waals surface area (Å²) in [5.74, 6) is 0.248. The van der Waals surface area contributed by atoms with E-state index in [0.717, 1.165) is 10.2 Å². The number of benzene rings is 2. The molecule has 2 aromatic heterocycles. The number of aryl methyl sites for hydroxylation is 1. The Bertz CT molecular complexity index is 1320. The number of carbonyl (C=O) groups excluding carboxylic acids is 2. The first-order valence-corrected chi connectivity index (χ1v) is 11.2. The van der Waals surface area contributed by atoms with Crippen molar-refractivity contribution in [2.75, 3.05) is 25.6 Å². The Hall–Kier alpha value is -4.11. The molecular formula is C25H22N2O6S. The molecule has 2 heterocycles. The molecule has 0 spiro atoms. The lowest BCUT2D eigenvalue weighted by atomic mass is 10.1. The summed E-state index contributed by atoms with van der Waals surface area (Å²) in [6, 6.07) is 14.6. The van der Waals surface area contributed by atoms with Gasteiger partial charge in [-0.2, -0.15) is 0 Å². The monoisotopic (exact) mass is 478 g/mol. The maximum Gasteiger partial charge on any atom is 0.342 e. The van der Waals surface area contributed by atoms with Gasteiger partial charge in [0.25, 0.3) is 5.91 Å². The molecule has 0 atom stereocenters. The number of furan rings is 1. The van der Waals surface area contributed by atoms with Crippen LogP contribution >= 0.6 is 11.3 Å². The second kappa shape index (κ2) is 10.2. The number of fused-ring (bicyclic) bond motifs is 1. The summed E-state index contributed by atoms with van der Waals surface area (Å²) in [5.41, 5.74) is 1.35. The summed E-state index contributed by atoms with van der Waals surface area (Å²) in [4.78, 5) is 29.9. The Morgan fingerprint density at radius 2 is 1.82 bits per heavy atom. The van der Waals surface area contributed by atoms with Crippen molar-refractivity contribution in [3.8, 4) is 22.1 Å². The number of nitrogens with zero attached hydrogens (tertiary/aromatic N) is 1. The maximum atomic E-state index is 12.7. The quantitative estimate of drug-likeness (QED) is 0.260. The number of thiazole rings is 1. The van der Waals surface area contributed by atoms with E-state index in [1.807, 2.05) is 24.3 Å². The average molecular weight is 479 g/mol. The molecule has 4 rings (SSSR count). The number of carbonyl (C=O) groups is 2. The van der Waals surface area contributed by atoms with Crippen LogP contribution in [0.2, 0.25) is 0 Å². The molecule has 2 aromatic carbocycles. The van der Waals surface area contributed by atoms with Gasteiger partial charge in [-0.3, -0.25) is 10.1 Å². The molecule has 0 unspecified atom stereocenters. The van der Waals surface area contributed by atoms with E-state index in [9.17, 15) is 9.59 Å². The molecule has 1 N–H and O–H groups in total. The zero-order valence-electron chi connectivity index (χ0n) is 18.6. The van der Waals surface area contributed by atoms with Crippen LogP contribution in [0.4, 0.5) is 5.88 Å². The highest BCUT2D eigenvalue weighted by Crippen LogP contribution is 2.40. The number of rotatable bonds is 9. The van der Waals surface area contributed by atoms with Gasteiger partial charge in [0, 0.05) is 0 Å². The van der Waals surface area contributed by atoms with Gasteiger partial charge in [0.2, 0.25) is 5.88 Å². The molecule has 8 nitrogen and oxygen atoms in total. The minimum absolute atomic E-state index is 0.0988. The van der Waals surface area contributed by atoms with Crippen molar-refractivity contribution in [1.82, 2.24) is 4.98 Å². The van der Waals surface area contributed by atoms with Crippen molar-refractivity contribution in [2.24, 2.45) is 0 Å². The van der Waals surface area contributed by atoms with Crippen LogP contribution < -0.4 is 14.8 Å². The normalized spacial score (nSPS) is 10.6. The molecule has 0 bridgehead atoms. The zero-order chi connectivity index (χ0) is 24.1. The van der Waals surface area contributed by atoms with Crippen LogP contribution in [0.3, 0.4) is 0 Å². The second-order valence-electron chi connectivity index (χ2n) is 7.10. The van der Waals surface area contributed by atoms with E-state index in [2.05, 4.69) is 16.9 Å². The number of amides is 1. The van der Waals surface area contributed by atoms with Crippen LogP contribution in [0, 0.1) is 6.92 Å². The van der Waals surface area contributed by atoms with Crippen LogP contribution in [-0.4, -0.2) is 37.2 Å². The number of para-hydroxylation sites is 3. The third-order valence-corrected chi connectivity index (χ3v) is 5.85. The number of nitrogens with one attached hydrogen (secondary N) is 1. The SMILES string of the molecule is C=CCOc1ccccc1OCC(=O)Nc1oc(C)c(C(=O)OC)c1-c1nc2ccccc2s1. The number of hydrogen-bond donors (Lipinski definition) is 1. The molecule has 1 amide bonds. The summed E-state index contributed by atoms with van der Waals surface area (Å²) in [6.07, 6.45) is 1.62. The smallest absolute Gasteiger partial charge is 0.342 e. The lowest BCUT2D eigenvalue weighted by Crippen LogP contribution is -2.20. The first kappa shape index (κ1) is 23.1. The molecule has 0 radical (unpaired) electrons. The fourth-order valence-corrected chi connectivity index (χ4v) is 4.32. The summed E-state index contributed by atoms with van der Waals surface area (Å²) < 4.78 is 22.8. The van der Waals surface area contributed by atoms with Gasteiger partial charge in [-0.1, -0.05) is 36.9 Å². The first-order chi connectivity index (χ1) is 16.5. The lowest BCUT2D eigenvalue weighted by Gasteiger charge is -2.11. The van der Waals surface area contributed by atoms with Gasteiger partial charge in [-0.25, -0.2) is 9.78 Å². The molecule has 0 saturated carbocycles. The maximum absolute atomic E-state index is 12.7. The molecule has 0 aliphatic rings. The van der Waals surface area contributed by atoms with Crippen molar-refractivity contribution in [3.63, 3.8) is 0 Å². The molecule has 4 aromatic rings. The minimum Gasteiger partial charge on any atom is -0.486 e. The highest BCUT2D eigenvalue weighted by atomic mass is 32.1. The van der Waals surface area contributed by atoms with Crippen LogP contribution in [-0.2, 0) is 9.53 Å². The Balaban J connectivity index is 1.60. The molecular weight excluding hydrogens is 456 g/mol. The molecule has 0 aliphatic carbocycles. The minimum atomic E-state index is -0.583. The summed E-state index contributed by atoms with van der Waals surface area (Å²) in [7, 11) is 1.29. The summed E-state index contributed by atoms with van der Waals surface area (Å²) in [6.45, 7) is 5.25. The molecule has 9 heteroatoms. The number of anilines is 1. The van der Waals surface area contributed by atoms with Crippen molar-refractivity contribution in [1.29, 1.82) is 0 Å². The zero-order valence-corrected chi connectivity index (χ0v) is 19.4. The topological polar surface area (TPSA) is 99.9 Å². The van der Waals surface area contributed by atoms with E-state index in [4.69, 9.17) is 18.6 Å². The van der Waals surface area contributed by atoms with Crippen LogP contribution in [0.5, 0.6) is 11.5 Å². The van der Waals surface area contributed by atoms with Gasteiger partial charge in [-0.05, 0) is 31.2 Å². The molecule has 34 heavy (non-hydrogen) atoms. The lowest BCUT2D eigenvalue weighted by molar-refractivity contribution is -0.118. The fraction of sp³-hybridized carbons (Fsp3) is 0.160. The predicted molar refractivity (Wildman–Crippen MR) is 130 cm³/mol. The number of ether oxygens (including phenoxy) is 3. The van der Waals surface area contributed by atoms with E-state index in [0.29, 0.717) is 34.4 Å². The molecule has 174 valence electrons. The van der Waals surface area contributed by atoms with E-state index in [-0.39, 0.29) is 18.1 Å². The highest BCUT2D eigenvalue weighted by molar-refractivity contribution is 7.21. The van der Waals surface area contributed by atoms with E-state index in [1.54, 1.807) is 37.3 Å². The number of aromatic nitrogens is 1. The largest absolute Gasteiger partial charge is 0.486 e.